The Bertz CT molecular complexity index is 3410. The van der Waals surface area contributed by atoms with Crippen molar-refractivity contribution < 1.29 is 23.0 Å². The third kappa shape index (κ3) is 6.37. The number of imidazole rings is 2. The molecule has 11 rings (SSSR count). The van der Waals surface area contributed by atoms with Crippen LogP contribution in [0.15, 0.2) is 81.4 Å². The number of hydrogen-bond donors (Lipinski definition) is 2. The van der Waals surface area contributed by atoms with E-state index in [0.717, 1.165) is 23.7 Å². The van der Waals surface area contributed by atoms with E-state index in [4.69, 9.17) is 14.4 Å². The number of fused-ring (bicyclic) bond motifs is 3. The van der Waals surface area contributed by atoms with E-state index >= 15 is 9.18 Å². The second-order valence-electron chi connectivity index (χ2n) is 18.4. The van der Waals surface area contributed by atoms with Gasteiger partial charge in [-0.15, -0.1) is 0 Å². The van der Waals surface area contributed by atoms with Crippen LogP contribution < -0.4 is 16.8 Å². The molecule has 65 heavy (non-hydrogen) atoms. The maximum atomic E-state index is 15.5. The summed E-state index contributed by atoms with van der Waals surface area (Å²) >= 11 is 0. The van der Waals surface area contributed by atoms with Gasteiger partial charge in [0.15, 0.2) is 5.82 Å². The number of halogens is 1. The minimum Gasteiger partial charge on any atom is -0.381 e. The van der Waals surface area contributed by atoms with E-state index in [1.807, 2.05) is 22.5 Å². The fourth-order valence-electron chi connectivity index (χ4n) is 10.5. The molecular weight excluding hydrogens is 851 g/mol. The Morgan fingerprint density at radius 3 is 2.40 bits per heavy atom. The van der Waals surface area contributed by atoms with Gasteiger partial charge in [0.1, 0.15) is 30.0 Å². The third-order valence-corrected chi connectivity index (χ3v) is 15.5. The van der Waals surface area contributed by atoms with Crippen LogP contribution in [0.3, 0.4) is 0 Å². The van der Waals surface area contributed by atoms with Crippen LogP contribution in [0.25, 0.3) is 39.1 Å². The van der Waals surface area contributed by atoms with Crippen LogP contribution >= 0.6 is 7.14 Å². The van der Waals surface area contributed by atoms with Crippen molar-refractivity contribution in [1.82, 2.24) is 48.5 Å². The Hall–Kier alpha value is -6.58. The smallest absolute Gasteiger partial charge is 0.381 e. The average molecular weight is 899 g/mol. The molecule has 1 saturated heterocycles. The zero-order valence-electron chi connectivity index (χ0n) is 36.9. The molecule has 3 unspecified atom stereocenters. The summed E-state index contributed by atoms with van der Waals surface area (Å²) in [4.78, 5) is 54.9. The van der Waals surface area contributed by atoms with Gasteiger partial charge in [0, 0.05) is 60.3 Å². The van der Waals surface area contributed by atoms with Gasteiger partial charge in [0.2, 0.25) is 0 Å². The van der Waals surface area contributed by atoms with Crippen molar-refractivity contribution in [2.45, 2.75) is 70.9 Å². The van der Waals surface area contributed by atoms with Crippen LogP contribution in [0.4, 0.5) is 4.39 Å². The van der Waals surface area contributed by atoms with Gasteiger partial charge in [0.05, 0.1) is 40.5 Å². The van der Waals surface area contributed by atoms with Gasteiger partial charge in [-0.3, -0.25) is 23.4 Å². The molecule has 0 bridgehead atoms. The van der Waals surface area contributed by atoms with Crippen molar-refractivity contribution in [3.63, 3.8) is 0 Å². The van der Waals surface area contributed by atoms with E-state index in [-0.39, 0.29) is 17.6 Å². The number of H-pyrrole nitrogens is 2. The number of aromatic amines is 2. The van der Waals surface area contributed by atoms with Crippen molar-refractivity contribution in [1.29, 1.82) is 0 Å². The molecule has 2 N–H and O–H groups in total. The Morgan fingerprint density at radius 1 is 0.969 bits per heavy atom. The summed E-state index contributed by atoms with van der Waals surface area (Å²) < 4.78 is 46.1. The number of nitrogens with one attached hydrogen (secondary N) is 2. The summed E-state index contributed by atoms with van der Waals surface area (Å²) in [5.41, 5.74) is 5.66. The fourth-order valence-corrected chi connectivity index (χ4v) is 11.6. The first-order chi connectivity index (χ1) is 31.1. The van der Waals surface area contributed by atoms with E-state index in [1.54, 1.807) is 68.5 Å². The zero-order valence-corrected chi connectivity index (χ0v) is 37.8. The monoisotopic (exact) mass is 898 g/mol. The van der Waals surface area contributed by atoms with Crippen molar-refractivity contribution in [3.8, 4) is 17.2 Å². The molecular formula is C47H48FN10O6P. The van der Waals surface area contributed by atoms with Crippen LogP contribution in [-0.2, 0) is 21.3 Å². The normalized spacial score (nSPS) is 20.3. The number of benzene rings is 3. The predicted molar refractivity (Wildman–Crippen MR) is 243 cm³/mol. The molecule has 3 aromatic carbocycles. The second-order valence-corrected chi connectivity index (χ2v) is 21.6. The number of nitrogens with zero attached hydrogens (tertiary/aromatic N) is 8. The summed E-state index contributed by atoms with van der Waals surface area (Å²) in [5, 5.41) is 10.7. The number of aromatic nitrogens is 9. The van der Waals surface area contributed by atoms with E-state index in [2.05, 4.69) is 45.2 Å². The fraction of sp³-hybridized carbons (Fsp3) is 0.362. The molecule has 334 valence electrons. The van der Waals surface area contributed by atoms with E-state index in [1.165, 1.54) is 21.0 Å². The lowest BCUT2D eigenvalue weighted by molar-refractivity contribution is 0.0663. The van der Waals surface area contributed by atoms with Gasteiger partial charge in [-0.2, -0.15) is 5.10 Å². The maximum absolute atomic E-state index is 15.5. The molecule has 5 aromatic heterocycles. The van der Waals surface area contributed by atoms with Crippen LogP contribution in [0, 0.1) is 25.6 Å². The summed E-state index contributed by atoms with van der Waals surface area (Å²) in [7, 11) is -2.83. The topological polar surface area (TPSA) is 184 Å². The van der Waals surface area contributed by atoms with Crippen molar-refractivity contribution in [3.05, 3.63) is 134 Å². The lowest BCUT2D eigenvalue weighted by Gasteiger charge is -2.34. The average Bonchev–Trinajstić information content (AvgIpc) is 3.96. The number of ether oxygens (including phenoxy) is 1. The summed E-state index contributed by atoms with van der Waals surface area (Å²) in [6.45, 7) is 12.4. The zero-order chi connectivity index (χ0) is 45.3. The molecule has 0 radical (unpaired) electrons. The molecule has 2 aliphatic heterocycles. The highest BCUT2D eigenvalue weighted by Gasteiger charge is 2.59. The van der Waals surface area contributed by atoms with Crippen LogP contribution in [0.2, 0.25) is 0 Å². The van der Waals surface area contributed by atoms with Crippen molar-refractivity contribution in [2.75, 3.05) is 33.1 Å². The Balaban J connectivity index is 1.07. The number of carbonyl (C=O) groups excluding carboxylic acids is 1. The lowest BCUT2D eigenvalue weighted by Crippen LogP contribution is -2.41. The highest BCUT2D eigenvalue weighted by atomic mass is 31.2. The molecule has 7 heterocycles. The first-order valence-electron chi connectivity index (χ1n) is 22.0. The highest BCUT2D eigenvalue weighted by Crippen LogP contribution is 2.56. The summed E-state index contributed by atoms with van der Waals surface area (Å²) in [5.74, 6) is -0.122. The van der Waals surface area contributed by atoms with Crippen LogP contribution in [-0.4, -0.2) is 87.5 Å². The number of aryl methyl sites for hydroxylation is 2. The largest absolute Gasteiger partial charge is 0.438 e. The first-order valence-corrected chi connectivity index (χ1v) is 24.6. The Kier molecular flexibility index (Phi) is 9.32. The number of carbonyl (C=O) groups is 1. The third-order valence-electron chi connectivity index (χ3n) is 14.0. The van der Waals surface area contributed by atoms with Gasteiger partial charge in [-0.25, -0.2) is 23.6 Å². The molecule has 1 amide bonds. The van der Waals surface area contributed by atoms with E-state index in [0.29, 0.717) is 106 Å². The van der Waals surface area contributed by atoms with Crippen LogP contribution in [0.5, 0.6) is 0 Å². The maximum Gasteiger partial charge on any atom is 0.438 e. The van der Waals surface area contributed by atoms with Gasteiger partial charge >= 0.3 is 11.4 Å². The SMILES string of the molecule is Cc1cc(-n2nc3c(c2-n2ccn(-c4cc(P(C)(C)=O)c5nc[nH]c5c4)c2=O)C(C)N(C(=O)c2cc4cc(C5CCOCC5)ccc4n2C2(c4noc(=O)[nH]4)CC2C)CC3)cc(C)c1F. The summed E-state index contributed by atoms with van der Waals surface area (Å²) in [6, 6.07) is 14.7. The highest BCUT2D eigenvalue weighted by molar-refractivity contribution is 7.70. The molecule has 18 heteroatoms. The number of hydrogen-bond acceptors (Lipinski definition) is 9. The molecule has 1 saturated carbocycles. The Morgan fingerprint density at radius 2 is 1.71 bits per heavy atom. The number of amides is 1. The summed E-state index contributed by atoms with van der Waals surface area (Å²) in [6.07, 6.45) is 7.66. The molecule has 0 spiro atoms. The van der Waals surface area contributed by atoms with Gasteiger partial charge in [-0.05, 0) is 124 Å². The quantitative estimate of drug-likeness (QED) is 0.156. The molecule has 16 nitrogen and oxygen atoms in total. The predicted octanol–water partition coefficient (Wildman–Crippen LogP) is 6.76. The van der Waals surface area contributed by atoms with Crippen molar-refractivity contribution in [2.24, 2.45) is 5.92 Å². The second kappa shape index (κ2) is 14.7. The van der Waals surface area contributed by atoms with Crippen LogP contribution in [0.1, 0.15) is 89.3 Å². The standard InChI is InChI=1S/C47H48FN10O6P/c1-25-17-33(18-26(2)40(25)48)58-42(56-14-13-55(46(56)61)32-21-35-41(50-24-49-35)38(22-32)65(5,6)62)39-28(4)54(12-9-34(39)52-58)43(59)37-20-31-19-30(29-10-15-63-16-11-29)7-8-36(31)57(37)47(23-27(47)3)44-51-45(60)64-53-44/h7-8,13-14,17-22,24,27-29H,9-12,15-16,23H2,1-6H3,(H,49,50)(H,51,53,60). The molecule has 1 aliphatic carbocycles. The number of rotatable bonds is 8. The van der Waals surface area contributed by atoms with Gasteiger partial charge in [-0.1, -0.05) is 18.1 Å². The van der Waals surface area contributed by atoms with E-state index < -0.39 is 30.2 Å². The molecule has 3 aliphatic rings. The van der Waals surface area contributed by atoms with Gasteiger partial charge in [0.25, 0.3) is 5.91 Å². The molecule has 2 fully saturated rings. The molecule has 8 aromatic rings. The minimum atomic E-state index is -2.83. The van der Waals surface area contributed by atoms with E-state index in [9.17, 15) is 14.2 Å². The lowest BCUT2D eigenvalue weighted by atomic mass is 9.91. The molecule has 3 atom stereocenters. The first kappa shape index (κ1) is 41.1. The van der Waals surface area contributed by atoms with Gasteiger partial charge < -0.3 is 23.8 Å². The Labute approximate surface area is 371 Å². The minimum absolute atomic E-state index is 0.0148. The van der Waals surface area contributed by atoms with Crippen molar-refractivity contribution >= 4 is 40.3 Å².